The molecular weight excluding hydrogens is 260 g/mol. The Labute approximate surface area is 105 Å². The van der Waals surface area contributed by atoms with Crippen LogP contribution in [0.4, 0.5) is 14.5 Å². The number of carbonyl (C=O) groups is 1. The highest BCUT2D eigenvalue weighted by atomic mass is 32.1. The number of nitrogens with two attached hydrogens (primary N) is 1. The maximum absolute atomic E-state index is 13.7. The number of thiophene rings is 1. The summed E-state index contributed by atoms with van der Waals surface area (Å²) < 4.78 is 26.8. The van der Waals surface area contributed by atoms with Crippen molar-refractivity contribution < 1.29 is 18.7 Å². The molecule has 18 heavy (non-hydrogen) atoms. The van der Waals surface area contributed by atoms with Gasteiger partial charge in [-0.1, -0.05) is 12.1 Å². The van der Waals surface area contributed by atoms with E-state index in [-0.39, 0.29) is 16.1 Å². The minimum absolute atomic E-state index is 0.0247. The van der Waals surface area contributed by atoms with Crippen molar-refractivity contribution >= 4 is 23.0 Å². The van der Waals surface area contributed by atoms with Gasteiger partial charge in [0.1, 0.15) is 4.88 Å². The molecule has 0 bridgehead atoms. The van der Waals surface area contributed by atoms with Crippen LogP contribution in [0.1, 0.15) is 15.2 Å². The number of carboxylic acids is 1. The predicted octanol–water partition coefficient (Wildman–Crippen LogP) is 3.28. The number of aromatic carboxylic acids is 1. The molecule has 0 amide bonds. The molecule has 0 atom stereocenters. The second kappa shape index (κ2) is 4.38. The van der Waals surface area contributed by atoms with Crippen LogP contribution in [-0.4, -0.2) is 11.1 Å². The zero-order valence-electron chi connectivity index (χ0n) is 9.33. The SMILES string of the molecule is Cc1c(-c2cccc(F)c2F)sc(C(=O)O)c1N. The van der Waals surface area contributed by atoms with Gasteiger partial charge in [0.25, 0.3) is 0 Å². The van der Waals surface area contributed by atoms with Gasteiger partial charge in [-0.3, -0.25) is 0 Å². The third-order valence-electron chi connectivity index (χ3n) is 2.58. The van der Waals surface area contributed by atoms with Crippen molar-refractivity contribution in [3.8, 4) is 10.4 Å². The Bertz CT molecular complexity index is 637. The predicted molar refractivity (Wildman–Crippen MR) is 65.8 cm³/mol. The van der Waals surface area contributed by atoms with Gasteiger partial charge >= 0.3 is 5.97 Å². The third-order valence-corrected chi connectivity index (χ3v) is 3.91. The Morgan fingerprint density at radius 1 is 1.39 bits per heavy atom. The summed E-state index contributed by atoms with van der Waals surface area (Å²) in [5.74, 6) is -3.15. The van der Waals surface area contributed by atoms with Crippen LogP contribution >= 0.6 is 11.3 Å². The summed E-state index contributed by atoms with van der Waals surface area (Å²) in [5.41, 5.74) is 6.20. The molecule has 2 rings (SSSR count). The van der Waals surface area contributed by atoms with E-state index in [1.54, 1.807) is 6.92 Å². The number of halogens is 2. The molecule has 0 aliphatic heterocycles. The van der Waals surface area contributed by atoms with Crippen LogP contribution in [0.2, 0.25) is 0 Å². The molecule has 0 unspecified atom stereocenters. The molecule has 0 spiro atoms. The van der Waals surface area contributed by atoms with E-state index in [0.29, 0.717) is 10.4 Å². The summed E-state index contributed by atoms with van der Waals surface area (Å²) in [6.07, 6.45) is 0. The van der Waals surface area contributed by atoms with Crippen LogP contribution in [0.25, 0.3) is 10.4 Å². The average Bonchev–Trinajstić information content (AvgIpc) is 2.61. The Morgan fingerprint density at radius 3 is 2.61 bits per heavy atom. The molecule has 0 aliphatic rings. The molecule has 0 aliphatic carbocycles. The number of nitrogen functional groups attached to an aromatic ring is 1. The number of anilines is 1. The van der Waals surface area contributed by atoms with Gasteiger partial charge in [-0.05, 0) is 18.6 Å². The van der Waals surface area contributed by atoms with E-state index in [1.165, 1.54) is 12.1 Å². The molecule has 94 valence electrons. The van der Waals surface area contributed by atoms with E-state index >= 15 is 0 Å². The van der Waals surface area contributed by atoms with Gasteiger partial charge < -0.3 is 10.8 Å². The van der Waals surface area contributed by atoms with E-state index in [0.717, 1.165) is 17.4 Å². The second-order valence-electron chi connectivity index (χ2n) is 3.71. The summed E-state index contributed by atoms with van der Waals surface area (Å²) >= 11 is 0.839. The first-order chi connectivity index (χ1) is 8.43. The normalized spacial score (nSPS) is 10.6. The number of carboxylic acid groups (broad SMARTS) is 1. The van der Waals surface area contributed by atoms with Gasteiger partial charge in [-0.2, -0.15) is 0 Å². The van der Waals surface area contributed by atoms with E-state index in [4.69, 9.17) is 10.8 Å². The smallest absolute Gasteiger partial charge is 0.348 e. The van der Waals surface area contributed by atoms with Gasteiger partial charge in [0.05, 0.1) is 5.69 Å². The lowest BCUT2D eigenvalue weighted by molar-refractivity contribution is 0.0703. The monoisotopic (exact) mass is 269 g/mol. The highest BCUT2D eigenvalue weighted by Crippen LogP contribution is 2.39. The van der Waals surface area contributed by atoms with E-state index in [1.807, 2.05) is 0 Å². The van der Waals surface area contributed by atoms with Crippen molar-refractivity contribution in [2.45, 2.75) is 6.92 Å². The van der Waals surface area contributed by atoms with Gasteiger partial charge in [-0.25, -0.2) is 13.6 Å². The standard InChI is InChI=1S/C12H9F2NO2S/c1-5-9(15)11(12(16)17)18-10(5)6-3-2-4-7(13)8(6)14/h2-4H,15H2,1H3,(H,16,17). The minimum atomic E-state index is -1.18. The summed E-state index contributed by atoms with van der Waals surface area (Å²) in [5, 5.41) is 8.94. The third kappa shape index (κ3) is 1.84. The van der Waals surface area contributed by atoms with Crippen LogP contribution < -0.4 is 5.73 Å². The Hall–Kier alpha value is -1.95. The van der Waals surface area contributed by atoms with Crippen molar-refractivity contribution in [3.63, 3.8) is 0 Å². The summed E-state index contributed by atoms with van der Waals surface area (Å²) in [7, 11) is 0. The zero-order chi connectivity index (χ0) is 13.4. The van der Waals surface area contributed by atoms with Crippen LogP contribution in [-0.2, 0) is 0 Å². The largest absolute Gasteiger partial charge is 0.477 e. The van der Waals surface area contributed by atoms with Crippen molar-refractivity contribution in [2.75, 3.05) is 5.73 Å². The van der Waals surface area contributed by atoms with Crippen molar-refractivity contribution in [1.82, 2.24) is 0 Å². The highest BCUT2D eigenvalue weighted by molar-refractivity contribution is 7.18. The topological polar surface area (TPSA) is 63.3 Å². The molecule has 1 aromatic heterocycles. The lowest BCUT2D eigenvalue weighted by Gasteiger charge is -2.02. The van der Waals surface area contributed by atoms with Crippen molar-refractivity contribution in [2.24, 2.45) is 0 Å². The van der Waals surface area contributed by atoms with Crippen LogP contribution in [0, 0.1) is 18.6 Å². The second-order valence-corrected chi connectivity index (χ2v) is 4.73. The summed E-state index contributed by atoms with van der Waals surface area (Å²) in [4.78, 5) is 11.2. The van der Waals surface area contributed by atoms with Crippen molar-refractivity contribution in [3.05, 3.63) is 40.3 Å². The van der Waals surface area contributed by atoms with E-state index in [2.05, 4.69) is 0 Å². The maximum Gasteiger partial charge on any atom is 0.348 e. The van der Waals surface area contributed by atoms with Crippen LogP contribution in [0.5, 0.6) is 0 Å². The Morgan fingerprint density at radius 2 is 2.06 bits per heavy atom. The molecule has 0 fully saturated rings. The van der Waals surface area contributed by atoms with E-state index < -0.39 is 17.6 Å². The first-order valence-electron chi connectivity index (χ1n) is 5.00. The van der Waals surface area contributed by atoms with Crippen molar-refractivity contribution in [1.29, 1.82) is 0 Å². The first kappa shape index (κ1) is 12.5. The molecule has 0 saturated heterocycles. The Kier molecular flexibility index (Phi) is 3.04. The highest BCUT2D eigenvalue weighted by Gasteiger charge is 2.21. The fraction of sp³-hybridized carbons (Fsp3) is 0.0833. The molecule has 2 aromatic rings. The van der Waals surface area contributed by atoms with Crippen LogP contribution in [0.15, 0.2) is 18.2 Å². The minimum Gasteiger partial charge on any atom is -0.477 e. The molecular formula is C12H9F2NO2S. The number of hydrogen-bond donors (Lipinski definition) is 2. The van der Waals surface area contributed by atoms with Gasteiger partial charge in [0, 0.05) is 10.4 Å². The summed E-state index contributed by atoms with van der Waals surface area (Å²) in [6.45, 7) is 1.58. The average molecular weight is 269 g/mol. The number of benzene rings is 1. The lowest BCUT2D eigenvalue weighted by atomic mass is 10.1. The molecule has 0 radical (unpaired) electrons. The maximum atomic E-state index is 13.7. The summed E-state index contributed by atoms with van der Waals surface area (Å²) in [6, 6.07) is 3.76. The van der Waals surface area contributed by atoms with Gasteiger partial charge in [0.2, 0.25) is 0 Å². The lowest BCUT2D eigenvalue weighted by Crippen LogP contribution is -1.97. The zero-order valence-corrected chi connectivity index (χ0v) is 10.1. The van der Waals surface area contributed by atoms with Crippen LogP contribution in [0.3, 0.4) is 0 Å². The first-order valence-corrected chi connectivity index (χ1v) is 5.81. The quantitative estimate of drug-likeness (QED) is 0.879. The Balaban J connectivity index is 2.69. The fourth-order valence-corrected chi connectivity index (χ4v) is 2.71. The molecule has 1 aromatic carbocycles. The number of hydrogen-bond acceptors (Lipinski definition) is 3. The van der Waals surface area contributed by atoms with Gasteiger partial charge in [-0.15, -0.1) is 11.3 Å². The van der Waals surface area contributed by atoms with Gasteiger partial charge in [0.15, 0.2) is 11.6 Å². The molecule has 1 heterocycles. The molecule has 3 N–H and O–H groups in total. The molecule has 0 saturated carbocycles. The number of rotatable bonds is 2. The van der Waals surface area contributed by atoms with E-state index in [9.17, 15) is 13.6 Å². The fourth-order valence-electron chi connectivity index (χ4n) is 1.62. The molecule has 3 nitrogen and oxygen atoms in total. The molecule has 6 heteroatoms.